The Morgan fingerprint density at radius 2 is 0.541 bits per heavy atom. The summed E-state index contributed by atoms with van der Waals surface area (Å²) < 4.78 is 68.0. The van der Waals surface area contributed by atoms with Gasteiger partial charge in [-0.3, -0.25) is 37.3 Å². The first-order valence-electron chi connectivity index (χ1n) is 34.5. The predicted molar refractivity (Wildman–Crippen MR) is 340 cm³/mol. The standard InChI is InChI=1S/C66H128O17P2/c1-7-9-11-13-15-16-17-18-19-25-31-37-43-49-64(69)77-55-62(83-65(70)50-44-38-32-26-21-20-23-29-34-40-46-58(3)4)57-81-85(74,75)79-53-60(67)52-78-84(72,73)80-56-61(54-76-63(68)48-42-36-28-14-12-10-8-2)82-66(71)51-45-39-33-27-22-24-30-35-41-47-59(5)6/h58-62,67H,7-57H2,1-6H3,(H,72,73)(H,74,75)/t60-,61+,62+/m0/s1. The Kier molecular flexibility index (Phi) is 57.1. The van der Waals surface area contributed by atoms with Gasteiger partial charge < -0.3 is 33.8 Å². The molecule has 0 aliphatic carbocycles. The highest BCUT2D eigenvalue weighted by Crippen LogP contribution is 2.45. The number of carbonyl (C=O) groups excluding carboxylic acids is 4. The van der Waals surface area contributed by atoms with Crippen LogP contribution in [-0.4, -0.2) is 96.7 Å². The van der Waals surface area contributed by atoms with Gasteiger partial charge in [-0.05, 0) is 37.5 Å². The summed E-state index contributed by atoms with van der Waals surface area (Å²) >= 11 is 0. The second-order valence-electron chi connectivity index (χ2n) is 24.8. The van der Waals surface area contributed by atoms with E-state index in [1.807, 2.05) is 0 Å². The van der Waals surface area contributed by atoms with Crippen molar-refractivity contribution in [2.45, 2.75) is 349 Å². The fourth-order valence-corrected chi connectivity index (χ4v) is 11.5. The van der Waals surface area contributed by atoms with Crippen LogP contribution in [-0.2, 0) is 65.4 Å². The number of carbonyl (C=O) groups is 4. The van der Waals surface area contributed by atoms with Crippen LogP contribution in [0.3, 0.4) is 0 Å². The molecule has 0 bridgehead atoms. The lowest BCUT2D eigenvalue weighted by molar-refractivity contribution is -0.161. The van der Waals surface area contributed by atoms with Crippen LogP contribution in [0.25, 0.3) is 0 Å². The molecule has 85 heavy (non-hydrogen) atoms. The summed E-state index contributed by atoms with van der Waals surface area (Å²) in [6.07, 6.45) is 41.7. The van der Waals surface area contributed by atoms with E-state index in [2.05, 4.69) is 41.5 Å². The lowest BCUT2D eigenvalue weighted by Gasteiger charge is -2.21. The van der Waals surface area contributed by atoms with E-state index < -0.39 is 97.5 Å². The van der Waals surface area contributed by atoms with Crippen molar-refractivity contribution in [2.24, 2.45) is 11.8 Å². The van der Waals surface area contributed by atoms with E-state index in [0.717, 1.165) is 115 Å². The van der Waals surface area contributed by atoms with E-state index in [0.29, 0.717) is 25.7 Å². The second kappa shape index (κ2) is 58.4. The van der Waals surface area contributed by atoms with Gasteiger partial charge in [0.1, 0.15) is 19.3 Å². The topological polar surface area (TPSA) is 237 Å². The Morgan fingerprint density at radius 3 is 0.800 bits per heavy atom. The minimum atomic E-state index is -4.95. The fourth-order valence-electron chi connectivity index (χ4n) is 9.88. The zero-order valence-corrected chi connectivity index (χ0v) is 56.7. The van der Waals surface area contributed by atoms with Gasteiger partial charge in [0.2, 0.25) is 0 Å². The number of phosphoric acid groups is 2. The number of aliphatic hydroxyl groups excluding tert-OH is 1. The molecule has 0 spiro atoms. The summed E-state index contributed by atoms with van der Waals surface area (Å²) in [5, 5.41) is 10.5. The summed E-state index contributed by atoms with van der Waals surface area (Å²) in [5.74, 6) is -0.645. The van der Waals surface area contributed by atoms with Gasteiger partial charge in [-0.1, -0.05) is 279 Å². The Balaban J connectivity index is 5.22. The summed E-state index contributed by atoms with van der Waals surface area (Å²) in [7, 11) is -9.89. The monoisotopic (exact) mass is 1250 g/mol. The third-order valence-electron chi connectivity index (χ3n) is 15.2. The molecule has 0 aromatic heterocycles. The molecule has 504 valence electrons. The maximum atomic E-state index is 13.0. The molecule has 0 aliphatic rings. The summed E-state index contributed by atoms with van der Waals surface area (Å²) in [6.45, 7) is 9.44. The molecular weight excluding hydrogens is 1130 g/mol. The minimum absolute atomic E-state index is 0.105. The average molecular weight is 1260 g/mol. The largest absolute Gasteiger partial charge is 0.472 e. The molecular formula is C66H128O17P2. The van der Waals surface area contributed by atoms with Gasteiger partial charge in [0, 0.05) is 25.7 Å². The zero-order chi connectivity index (χ0) is 62.9. The lowest BCUT2D eigenvalue weighted by Crippen LogP contribution is -2.30. The Hall–Kier alpha value is -1.94. The number of esters is 4. The third-order valence-corrected chi connectivity index (χ3v) is 17.1. The van der Waals surface area contributed by atoms with Crippen molar-refractivity contribution in [3.05, 3.63) is 0 Å². The van der Waals surface area contributed by atoms with E-state index in [-0.39, 0.29) is 25.7 Å². The summed E-state index contributed by atoms with van der Waals surface area (Å²) in [4.78, 5) is 72.2. The Morgan fingerprint density at radius 1 is 0.318 bits per heavy atom. The van der Waals surface area contributed by atoms with Crippen molar-refractivity contribution in [2.75, 3.05) is 39.6 Å². The highest BCUT2D eigenvalue weighted by Gasteiger charge is 2.30. The average Bonchev–Trinajstić information content (AvgIpc) is 3.46. The normalized spacial score (nSPS) is 14.2. The zero-order valence-electron chi connectivity index (χ0n) is 54.9. The van der Waals surface area contributed by atoms with Crippen molar-refractivity contribution >= 4 is 39.5 Å². The van der Waals surface area contributed by atoms with Crippen molar-refractivity contribution in [3.8, 4) is 0 Å². The van der Waals surface area contributed by atoms with Crippen molar-refractivity contribution < 1.29 is 80.2 Å². The van der Waals surface area contributed by atoms with Gasteiger partial charge in [0.15, 0.2) is 12.2 Å². The quantitative estimate of drug-likeness (QED) is 0.0222. The lowest BCUT2D eigenvalue weighted by atomic mass is 10.0. The molecule has 0 saturated carbocycles. The molecule has 17 nitrogen and oxygen atoms in total. The number of hydrogen-bond donors (Lipinski definition) is 3. The maximum absolute atomic E-state index is 13.0. The number of ether oxygens (including phenoxy) is 4. The van der Waals surface area contributed by atoms with Crippen LogP contribution in [0.2, 0.25) is 0 Å². The molecule has 2 unspecified atom stereocenters. The molecule has 5 atom stereocenters. The second-order valence-corrected chi connectivity index (χ2v) is 27.7. The van der Waals surface area contributed by atoms with Gasteiger partial charge in [0.25, 0.3) is 0 Å². The van der Waals surface area contributed by atoms with Gasteiger partial charge in [-0.25, -0.2) is 9.13 Å². The molecule has 0 fully saturated rings. The first-order valence-corrected chi connectivity index (χ1v) is 37.5. The van der Waals surface area contributed by atoms with E-state index in [1.165, 1.54) is 135 Å². The van der Waals surface area contributed by atoms with E-state index >= 15 is 0 Å². The van der Waals surface area contributed by atoms with Gasteiger partial charge in [-0.15, -0.1) is 0 Å². The predicted octanol–water partition coefficient (Wildman–Crippen LogP) is 18.4. The summed E-state index contributed by atoms with van der Waals surface area (Å²) in [6, 6.07) is 0. The van der Waals surface area contributed by atoms with Gasteiger partial charge in [0.05, 0.1) is 26.4 Å². The fraction of sp³-hybridized carbons (Fsp3) is 0.939. The van der Waals surface area contributed by atoms with Crippen LogP contribution in [0.1, 0.15) is 330 Å². The van der Waals surface area contributed by atoms with E-state index in [4.69, 9.17) is 37.0 Å². The van der Waals surface area contributed by atoms with Crippen LogP contribution in [0.15, 0.2) is 0 Å². The highest BCUT2D eigenvalue weighted by molar-refractivity contribution is 7.47. The Labute approximate surface area is 517 Å². The molecule has 0 heterocycles. The van der Waals surface area contributed by atoms with E-state index in [9.17, 15) is 43.2 Å². The van der Waals surface area contributed by atoms with Crippen LogP contribution in [0.4, 0.5) is 0 Å². The third kappa shape index (κ3) is 60.7. The smallest absolute Gasteiger partial charge is 0.462 e. The molecule has 3 N–H and O–H groups in total. The molecule has 0 radical (unpaired) electrons. The first kappa shape index (κ1) is 83.1. The number of aliphatic hydroxyl groups is 1. The molecule has 0 amide bonds. The van der Waals surface area contributed by atoms with Crippen molar-refractivity contribution in [1.82, 2.24) is 0 Å². The summed E-state index contributed by atoms with van der Waals surface area (Å²) in [5.41, 5.74) is 0. The molecule has 0 aromatic rings. The number of hydrogen-bond acceptors (Lipinski definition) is 15. The SMILES string of the molecule is CCCCCCCCCCCCCCCC(=O)OC[C@H](COP(=O)(O)OC[C@@H](O)COP(=O)(O)OC[C@@H](COC(=O)CCCCCCCCC)OC(=O)CCCCCCCCCCCC(C)C)OC(=O)CCCCCCCCCCCCC(C)C. The molecule has 19 heteroatoms. The number of rotatable bonds is 65. The molecule has 0 aromatic carbocycles. The van der Waals surface area contributed by atoms with Crippen LogP contribution in [0, 0.1) is 11.8 Å². The number of unbranched alkanes of at least 4 members (excludes halogenated alkanes) is 35. The maximum Gasteiger partial charge on any atom is 0.472 e. The molecule has 0 rings (SSSR count). The molecule has 0 aliphatic heterocycles. The van der Waals surface area contributed by atoms with Crippen LogP contribution >= 0.6 is 15.6 Å². The van der Waals surface area contributed by atoms with Gasteiger partial charge in [-0.2, -0.15) is 0 Å². The first-order chi connectivity index (χ1) is 40.9. The van der Waals surface area contributed by atoms with Crippen LogP contribution < -0.4 is 0 Å². The van der Waals surface area contributed by atoms with Crippen molar-refractivity contribution in [3.63, 3.8) is 0 Å². The number of phosphoric ester groups is 2. The minimum Gasteiger partial charge on any atom is -0.462 e. The Bertz CT molecular complexity index is 1670. The van der Waals surface area contributed by atoms with Crippen molar-refractivity contribution in [1.29, 1.82) is 0 Å². The van der Waals surface area contributed by atoms with E-state index in [1.54, 1.807) is 0 Å². The van der Waals surface area contributed by atoms with Gasteiger partial charge >= 0.3 is 39.5 Å². The molecule has 0 saturated heterocycles. The van der Waals surface area contributed by atoms with Crippen LogP contribution in [0.5, 0.6) is 0 Å². The highest BCUT2D eigenvalue weighted by atomic mass is 31.2.